The number of hydrogen-bond donors (Lipinski definition) is 0. The predicted molar refractivity (Wildman–Crippen MR) is 108 cm³/mol. The summed E-state index contributed by atoms with van der Waals surface area (Å²) in [6.45, 7) is 5.07. The predicted octanol–water partition coefficient (Wildman–Crippen LogP) is 7.02. The van der Waals surface area contributed by atoms with Gasteiger partial charge in [0.1, 0.15) is 0 Å². The van der Waals surface area contributed by atoms with Crippen LogP contribution in [-0.2, 0) is 11.8 Å². The summed E-state index contributed by atoms with van der Waals surface area (Å²) in [5, 5.41) is 5.93. The van der Waals surface area contributed by atoms with Crippen molar-refractivity contribution in [2.45, 2.75) is 57.8 Å². The van der Waals surface area contributed by atoms with E-state index in [1.807, 2.05) is 0 Å². The van der Waals surface area contributed by atoms with Gasteiger partial charge in [-0.2, -0.15) is 0 Å². The molecule has 3 aromatic rings. The SMILES string of the molecule is CC1Cc2c(c3ccccc3c3ccccc23)C(C)(C2CCCC2)C1. The van der Waals surface area contributed by atoms with Crippen LogP contribution in [-0.4, -0.2) is 0 Å². The van der Waals surface area contributed by atoms with Gasteiger partial charge in [-0.25, -0.2) is 0 Å². The Balaban J connectivity index is 1.92. The minimum atomic E-state index is 0.340. The molecule has 0 N–H and O–H groups in total. The zero-order valence-electron chi connectivity index (χ0n) is 15.5. The Labute approximate surface area is 151 Å². The fourth-order valence-electron chi connectivity index (χ4n) is 6.26. The molecule has 0 heteroatoms. The van der Waals surface area contributed by atoms with Gasteiger partial charge in [0, 0.05) is 0 Å². The first-order valence-electron chi connectivity index (χ1n) is 10.1. The van der Waals surface area contributed by atoms with Crippen LogP contribution in [0.4, 0.5) is 0 Å². The van der Waals surface area contributed by atoms with Crippen LogP contribution in [0, 0.1) is 11.8 Å². The van der Waals surface area contributed by atoms with Gasteiger partial charge in [-0.1, -0.05) is 75.2 Å². The van der Waals surface area contributed by atoms with Crippen molar-refractivity contribution in [2.24, 2.45) is 11.8 Å². The molecule has 2 aliphatic carbocycles. The molecule has 0 heterocycles. The molecule has 0 saturated heterocycles. The summed E-state index contributed by atoms with van der Waals surface area (Å²) in [6, 6.07) is 18.3. The summed E-state index contributed by atoms with van der Waals surface area (Å²) in [7, 11) is 0. The summed E-state index contributed by atoms with van der Waals surface area (Å²) >= 11 is 0. The average molecular weight is 328 g/mol. The second-order valence-electron chi connectivity index (χ2n) is 8.86. The Bertz CT molecular complexity index is 945. The van der Waals surface area contributed by atoms with Gasteiger partial charge in [0.15, 0.2) is 0 Å². The van der Waals surface area contributed by atoms with Crippen LogP contribution in [0.25, 0.3) is 21.5 Å². The second-order valence-corrected chi connectivity index (χ2v) is 8.86. The van der Waals surface area contributed by atoms with Crippen molar-refractivity contribution in [1.29, 1.82) is 0 Å². The van der Waals surface area contributed by atoms with Gasteiger partial charge < -0.3 is 0 Å². The molecule has 0 nitrogen and oxygen atoms in total. The maximum absolute atomic E-state index is 2.60. The normalized spacial score (nSPS) is 27.0. The van der Waals surface area contributed by atoms with Gasteiger partial charge in [0.2, 0.25) is 0 Å². The highest BCUT2D eigenvalue weighted by molar-refractivity contribution is 6.11. The lowest BCUT2D eigenvalue weighted by molar-refractivity contribution is 0.224. The monoisotopic (exact) mass is 328 g/mol. The quantitative estimate of drug-likeness (QED) is 0.421. The van der Waals surface area contributed by atoms with E-state index in [2.05, 4.69) is 62.4 Å². The fourth-order valence-corrected chi connectivity index (χ4v) is 6.26. The van der Waals surface area contributed by atoms with Gasteiger partial charge >= 0.3 is 0 Å². The van der Waals surface area contributed by atoms with Crippen LogP contribution in [0.5, 0.6) is 0 Å². The lowest BCUT2D eigenvalue weighted by atomic mass is 9.59. The van der Waals surface area contributed by atoms with Crippen LogP contribution < -0.4 is 0 Å². The lowest BCUT2D eigenvalue weighted by Gasteiger charge is -2.45. The van der Waals surface area contributed by atoms with Crippen molar-refractivity contribution < 1.29 is 0 Å². The Hall–Kier alpha value is -1.82. The number of rotatable bonds is 1. The fraction of sp³-hybridized carbons (Fsp3) is 0.440. The van der Waals surface area contributed by atoms with Crippen LogP contribution in [0.1, 0.15) is 57.1 Å². The molecule has 0 amide bonds. The van der Waals surface area contributed by atoms with E-state index >= 15 is 0 Å². The molecule has 128 valence electrons. The van der Waals surface area contributed by atoms with Gasteiger partial charge in [-0.15, -0.1) is 0 Å². The summed E-state index contributed by atoms with van der Waals surface area (Å²) in [5.74, 6) is 1.64. The van der Waals surface area contributed by atoms with Crippen molar-refractivity contribution in [3.63, 3.8) is 0 Å². The minimum Gasteiger partial charge on any atom is -0.0622 e. The Morgan fingerprint density at radius 3 is 2.04 bits per heavy atom. The first kappa shape index (κ1) is 15.4. The first-order valence-corrected chi connectivity index (χ1v) is 10.1. The molecule has 3 aromatic carbocycles. The van der Waals surface area contributed by atoms with E-state index in [1.165, 1.54) is 60.1 Å². The zero-order valence-corrected chi connectivity index (χ0v) is 15.5. The van der Waals surface area contributed by atoms with Crippen LogP contribution in [0.2, 0.25) is 0 Å². The molecular formula is C25H28. The lowest BCUT2D eigenvalue weighted by Crippen LogP contribution is -2.38. The molecule has 0 aliphatic heterocycles. The van der Waals surface area contributed by atoms with Crippen molar-refractivity contribution >= 4 is 21.5 Å². The molecule has 0 bridgehead atoms. The second kappa shape index (κ2) is 5.59. The van der Waals surface area contributed by atoms with E-state index < -0.39 is 0 Å². The first-order chi connectivity index (χ1) is 12.2. The van der Waals surface area contributed by atoms with Crippen LogP contribution >= 0.6 is 0 Å². The van der Waals surface area contributed by atoms with E-state index in [1.54, 1.807) is 11.1 Å². The third-order valence-corrected chi connectivity index (χ3v) is 7.19. The molecule has 1 saturated carbocycles. The van der Waals surface area contributed by atoms with Gasteiger partial charge in [0.25, 0.3) is 0 Å². The Morgan fingerprint density at radius 2 is 1.36 bits per heavy atom. The third kappa shape index (κ3) is 2.19. The highest BCUT2D eigenvalue weighted by Gasteiger charge is 2.43. The van der Waals surface area contributed by atoms with Gasteiger partial charge in [-0.05, 0) is 75.6 Å². The average Bonchev–Trinajstić information content (AvgIpc) is 3.17. The number of fused-ring (bicyclic) bond motifs is 6. The summed E-state index contributed by atoms with van der Waals surface area (Å²) < 4.78 is 0. The molecule has 0 radical (unpaired) electrons. The van der Waals surface area contributed by atoms with Gasteiger partial charge in [0.05, 0.1) is 0 Å². The summed E-state index contributed by atoms with van der Waals surface area (Å²) in [6.07, 6.45) is 8.29. The number of hydrogen-bond acceptors (Lipinski definition) is 0. The van der Waals surface area contributed by atoms with Crippen LogP contribution in [0.3, 0.4) is 0 Å². The molecule has 2 aliphatic rings. The standard InChI is InChI=1S/C25H28/c1-17-15-23-21-13-6-5-11-19(21)20-12-7-8-14-22(20)24(23)25(2,16-17)18-9-3-4-10-18/h5-8,11-14,17-18H,3-4,9-10,15-16H2,1-2H3. The van der Waals surface area contributed by atoms with E-state index in [4.69, 9.17) is 0 Å². The third-order valence-electron chi connectivity index (χ3n) is 7.19. The van der Waals surface area contributed by atoms with Crippen molar-refractivity contribution in [1.82, 2.24) is 0 Å². The summed E-state index contributed by atoms with van der Waals surface area (Å²) in [4.78, 5) is 0. The molecule has 25 heavy (non-hydrogen) atoms. The molecule has 5 rings (SSSR count). The largest absolute Gasteiger partial charge is 0.0622 e. The topological polar surface area (TPSA) is 0 Å². The maximum atomic E-state index is 2.60. The van der Waals surface area contributed by atoms with Gasteiger partial charge in [-0.3, -0.25) is 0 Å². The van der Waals surface area contributed by atoms with Crippen molar-refractivity contribution in [3.05, 3.63) is 59.7 Å². The van der Waals surface area contributed by atoms with E-state index in [-0.39, 0.29) is 0 Å². The molecule has 2 atom stereocenters. The molecule has 0 spiro atoms. The van der Waals surface area contributed by atoms with E-state index in [9.17, 15) is 0 Å². The smallest absolute Gasteiger partial charge is 0.00353 e. The molecule has 0 aromatic heterocycles. The highest BCUT2D eigenvalue weighted by atomic mass is 14.5. The Kier molecular flexibility index (Phi) is 3.45. The van der Waals surface area contributed by atoms with E-state index in [0.29, 0.717) is 5.41 Å². The Morgan fingerprint density at radius 1 is 0.800 bits per heavy atom. The highest BCUT2D eigenvalue weighted by Crippen LogP contribution is 2.53. The minimum absolute atomic E-state index is 0.340. The summed E-state index contributed by atoms with van der Waals surface area (Å²) in [5.41, 5.74) is 3.70. The molecule has 2 unspecified atom stereocenters. The number of benzene rings is 3. The molecular weight excluding hydrogens is 300 g/mol. The van der Waals surface area contributed by atoms with Crippen molar-refractivity contribution in [2.75, 3.05) is 0 Å². The molecule has 1 fully saturated rings. The van der Waals surface area contributed by atoms with E-state index in [0.717, 1.165) is 11.8 Å². The maximum Gasteiger partial charge on any atom is -0.00353 e. The van der Waals surface area contributed by atoms with Crippen molar-refractivity contribution in [3.8, 4) is 0 Å². The zero-order chi connectivity index (χ0) is 17.0. The van der Waals surface area contributed by atoms with Crippen LogP contribution in [0.15, 0.2) is 48.5 Å².